The number of ether oxygens (including phenoxy) is 4. The lowest BCUT2D eigenvalue weighted by Crippen LogP contribution is -2.69. The van der Waals surface area contributed by atoms with Gasteiger partial charge < -0.3 is 44.2 Å². The Morgan fingerprint density at radius 3 is 2.31 bits per heavy atom. The molecule has 1 heterocycles. The van der Waals surface area contributed by atoms with Gasteiger partial charge in [-0.3, -0.25) is 0 Å². The van der Waals surface area contributed by atoms with Crippen molar-refractivity contribution in [3.8, 4) is 11.5 Å². The van der Waals surface area contributed by atoms with E-state index in [1.54, 1.807) is 19.2 Å². The normalized spacial score (nSPS) is 23.6. The molecular weight excluding hydrogens is 798 g/mol. The molecule has 3 aliphatic rings. The average molecular weight is 875 g/mol. The van der Waals surface area contributed by atoms with Gasteiger partial charge in [-0.2, -0.15) is 0 Å². The fraction of sp³-hybridized carbons (Fsp3) is 0.729. The predicted octanol–water partition coefficient (Wildman–Crippen LogP) is 10.4. The monoisotopic (exact) mass is 874 g/mol. The highest BCUT2D eigenvalue weighted by Gasteiger charge is 2.65. The second-order valence-electron chi connectivity index (χ2n) is 17.9. The van der Waals surface area contributed by atoms with Crippen LogP contribution in [-0.4, -0.2) is 96.3 Å². The van der Waals surface area contributed by atoms with Gasteiger partial charge in [0.2, 0.25) is 5.79 Å². The van der Waals surface area contributed by atoms with Crippen molar-refractivity contribution < 1.29 is 43.6 Å². The minimum Gasteiger partial charge on any atom is -0.459 e. The molecule has 1 aromatic carbocycles. The molecule has 1 aromatic rings. The highest BCUT2D eigenvalue weighted by Crippen LogP contribution is 2.62. The number of halogens is 1. The van der Waals surface area contributed by atoms with Gasteiger partial charge in [0, 0.05) is 44.7 Å². The van der Waals surface area contributed by atoms with E-state index in [9.17, 15) is 19.8 Å². The highest BCUT2D eigenvalue weighted by molar-refractivity contribution is 6.18. The molecule has 61 heavy (non-hydrogen) atoms. The second-order valence-corrected chi connectivity index (χ2v) is 18.3. The summed E-state index contributed by atoms with van der Waals surface area (Å²) in [5.41, 5.74) is 1.85. The first-order valence-electron chi connectivity index (χ1n) is 23.1. The van der Waals surface area contributed by atoms with Crippen LogP contribution in [0.3, 0.4) is 0 Å². The number of oxime groups is 1. The van der Waals surface area contributed by atoms with E-state index in [0.29, 0.717) is 36.6 Å². The standard InChI is InChI=1S/C48H76ClN3O9/c1-7-9-10-11-12-13-14-15-16-19-27-50-45(55)59-36-24-25-41-39(33-36)43-37(23-18-21-29-54)35(22-17-20-28-53)32-38-40(51-61-47(3,4)5)34-42(52(6)46(56)57-31-26-49)48(60-41,44(38)43)58-30-8-2/h8,24-25,32-33,35,37,42-44,53-54H,2,7,9-23,26-31,34H2,1,3-6H3,(H,50,55). The number of amides is 2. The molecule has 1 aliphatic heterocycles. The number of nitrogens with one attached hydrogen (secondary N) is 1. The smallest absolute Gasteiger partial charge is 0.412 e. The Balaban J connectivity index is 1.74. The van der Waals surface area contributed by atoms with Crippen LogP contribution in [0.5, 0.6) is 11.5 Å². The van der Waals surface area contributed by atoms with Crippen molar-refractivity contribution in [2.75, 3.05) is 45.9 Å². The van der Waals surface area contributed by atoms with Crippen LogP contribution in [0, 0.1) is 17.8 Å². The fourth-order valence-corrected chi connectivity index (χ4v) is 9.36. The maximum absolute atomic E-state index is 13.7. The molecule has 12 nitrogen and oxygen atoms in total. The maximum Gasteiger partial charge on any atom is 0.412 e. The van der Waals surface area contributed by atoms with Crippen LogP contribution in [0.1, 0.15) is 148 Å². The van der Waals surface area contributed by atoms with Crippen LogP contribution in [-0.2, 0) is 14.3 Å². The third kappa shape index (κ3) is 14.3. The van der Waals surface area contributed by atoms with E-state index in [4.69, 9.17) is 40.5 Å². The summed E-state index contributed by atoms with van der Waals surface area (Å²) in [5, 5.41) is 27.5. The minimum absolute atomic E-state index is 0.0193. The molecule has 344 valence electrons. The number of likely N-dealkylation sites (N-methyl/N-ethyl adjacent to an activating group) is 1. The number of fused-ring (bicyclic) bond motifs is 2. The zero-order chi connectivity index (χ0) is 44.3. The SMILES string of the molecule is C=CCOC12Oc3ccc(OC(=O)NCCCCCCCCCCCC)cc3C3C(CCCCO)C(CCCCO)C=C(C(=NOC(C)(C)C)CC1N(C)C(=O)OCCCl)C32. The quantitative estimate of drug-likeness (QED) is 0.0340. The number of carbonyl (C=O) groups excluding carboxylic acids is 2. The van der Waals surface area contributed by atoms with Gasteiger partial charge >= 0.3 is 12.2 Å². The molecule has 1 saturated carbocycles. The molecule has 2 aliphatic carbocycles. The summed E-state index contributed by atoms with van der Waals surface area (Å²) < 4.78 is 25.6. The van der Waals surface area contributed by atoms with Crippen LogP contribution in [0.15, 0.2) is 47.7 Å². The van der Waals surface area contributed by atoms with E-state index in [2.05, 4.69) is 24.9 Å². The molecule has 2 amide bonds. The Hall–Kier alpha value is -3.32. The molecular formula is C48H76ClN3O9. The summed E-state index contributed by atoms with van der Waals surface area (Å²) in [5.74, 6) is -1.02. The molecule has 0 aromatic heterocycles. The molecule has 0 radical (unpaired) electrons. The van der Waals surface area contributed by atoms with Crippen molar-refractivity contribution in [1.29, 1.82) is 0 Å². The van der Waals surface area contributed by atoms with Crippen LogP contribution < -0.4 is 14.8 Å². The van der Waals surface area contributed by atoms with Crippen LogP contribution >= 0.6 is 11.6 Å². The molecule has 0 saturated heterocycles. The Kier molecular flexibility index (Phi) is 21.2. The van der Waals surface area contributed by atoms with Crippen molar-refractivity contribution in [1.82, 2.24) is 10.2 Å². The number of benzene rings is 1. The molecule has 13 heteroatoms. The van der Waals surface area contributed by atoms with Gasteiger partial charge in [0.25, 0.3) is 0 Å². The van der Waals surface area contributed by atoms with Gasteiger partial charge in [-0.05, 0) is 88.5 Å². The molecule has 3 N–H and O–H groups in total. The van der Waals surface area contributed by atoms with Gasteiger partial charge in [-0.1, -0.05) is 94.9 Å². The lowest BCUT2D eigenvalue weighted by atomic mass is 9.55. The van der Waals surface area contributed by atoms with Crippen LogP contribution in [0.4, 0.5) is 9.59 Å². The van der Waals surface area contributed by atoms with Gasteiger partial charge in [0.1, 0.15) is 29.7 Å². The zero-order valence-corrected chi connectivity index (χ0v) is 38.5. The minimum atomic E-state index is -1.42. The topological polar surface area (TPSA) is 148 Å². The number of unbranched alkanes of at least 4 members (excludes halogenated alkanes) is 11. The summed E-state index contributed by atoms with van der Waals surface area (Å²) in [4.78, 5) is 34.6. The first kappa shape index (κ1) is 50.3. The highest BCUT2D eigenvalue weighted by atomic mass is 35.5. The van der Waals surface area contributed by atoms with Crippen molar-refractivity contribution in [2.45, 2.75) is 160 Å². The van der Waals surface area contributed by atoms with Crippen molar-refractivity contribution in [3.05, 3.63) is 48.1 Å². The Morgan fingerprint density at radius 2 is 1.67 bits per heavy atom. The second kappa shape index (κ2) is 25.7. The van der Waals surface area contributed by atoms with Crippen LogP contribution in [0.2, 0.25) is 0 Å². The molecule has 6 atom stereocenters. The van der Waals surface area contributed by atoms with Gasteiger partial charge in [0.15, 0.2) is 0 Å². The molecule has 0 bridgehead atoms. The van der Waals surface area contributed by atoms with Gasteiger partial charge in [-0.15, -0.1) is 18.2 Å². The summed E-state index contributed by atoms with van der Waals surface area (Å²) >= 11 is 5.95. The lowest BCUT2D eigenvalue weighted by Gasteiger charge is -2.59. The largest absolute Gasteiger partial charge is 0.459 e. The zero-order valence-electron chi connectivity index (χ0n) is 37.8. The number of aliphatic hydroxyl groups excluding tert-OH is 2. The third-order valence-corrected chi connectivity index (χ3v) is 12.3. The third-order valence-electron chi connectivity index (χ3n) is 12.1. The average Bonchev–Trinajstić information content (AvgIpc) is 3.23. The van der Waals surface area contributed by atoms with Crippen LogP contribution in [0.25, 0.3) is 0 Å². The van der Waals surface area contributed by atoms with Crippen molar-refractivity contribution >= 4 is 29.5 Å². The summed E-state index contributed by atoms with van der Waals surface area (Å²) in [6, 6.07) is 4.75. The predicted molar refractivity (Wildman–Crippen MR) is 241 cm³/mol. The Morgan fingerprint density at radius 1 is 1.00 bits per heavy atom. The Labute approximate surface area is 370 Å². The van der Waals surface area contributed by atoms with E-state index < -0.39 is 35.5 Å². The first-order chi connectivity index (χ1) is 29.4. The molecule has 4 rings (SSSR count). The molecule has 0 spiro atoms. The number of carbonyl (C=O) groups is 2. The van der Waals surface area contributed by atoms with Gasteiger partial charge in [-0.25, -0.2) is 9.59 Å². The van der Waals surface area contributed by atoms with Crippen molar-refractivity contribution in [2.24, 2.45) is 22.9 Å². The number of alkyl halides is 1. The van der Waals surface area contributed by atoms with E-state index in [1.165, 1.54) is 49.8 Å². The summed E-state index contributed by atoms with van der Waals surface area (Å²) in [7, 11) is 1.68. The molecule has 6 unspecified atom stereocenters. The number of allylic oxidation sites excluding steroid dienone is 1. The van der Waals surface area contributed by atoms with Gasteiger partial charge in [0.05, 0.1) is 24.1 Å². The summed E-state index contributed by atoms with van der Waals surface area (Å²) in [6.45, 7) is 12.9. The number of hydrogen-bond donors (Lipinski definition) is 3. The molecule has 1 fully saturated rings. The Bertz CT molecular complexity index is 1580. The number of hydrogen-bond acceptors (Lipinski definition) is 10. The summed E-state index contributed by atoms with van der Waals surface area (Å²) in [6.07, 6.45) is 19.7. The maximum atomic E-state index is 13.7. The van der Waals surface area contributed by atoms with E-state index >= 15 is 0 Å². The number of rotatable bonds is 27. The van der Waals surface area contributed by atoms with Crippen molar-refractivity contribution in [3.63, 3.8) is 0 Å². The fourth-order valence-electron chi connectivity index (χ4n) is 9.28. The van der Waals surface area contributed by atoms with E-state index in [1.807, 2.05) is 32.9 Å². The number of nitrogens with zero attached hydrogens (tertiary/aromatic N) is 2. The first-order valence-corrected chi connectivity index (χ1v) is 23.7. The van der Waals surface area contributed by atoms with E-state index in [0.717, 1.165) is 56.1 Å². The van der Waals surface area contributed by atoms with E-state index in [-0.39, 0.29) is 56.5 Å². The lowest BCUT2D eigenvalue weighted by molar-refractivity contribution is -0.253. The number of aliphatic hydroxyl groups is 2.